The third-order valence-electron chi connectivity index (χ3n) is 4.54. The first kappa shape index (κ1) is 18.6. The van der Waals surface area contributed by atoms with Gasteiger partial charge in [-0.3, -0.25) is 14.7 Å². The Labute approximate surface area is 170 Å². The summed E-state index contributed by atoms with van der Waals surface area (Å²) in [5, 5.41) is 12.0. The van der Waals surface area contributed by atoms with Crippen LogP contribution in [0.1, 0.15) is 11.3 Å². The number of hydrogen-bond donors (Lipinski definition) is 2. The van der Waals surface area contributed by atoms with Gasteiger partial charge in [-0.2, -0.15) is 5.26 Å². The van der Waals surface area contributed by atoms with Crippen LogP contribution in [0.25, 0.3) is 16.9 Å². The van der Waals surface area contributed by atoms with Gasteiger partial charge in [0.2, 0.25) is 0 Å². The Bertz CT molecular complexity index is 1280. The molecule has 6 nitrogen and oxygen atoms in total. The van der Waals surface area contributed by atoms with Crippen LogP contribution in [0.15, 0.2) is 87.5 Å². The molecule has 4 aromatic rings. The number of aromatic nitrogens is 3. The van der Waals surface area contributed by atoms with Crippen molar-refractivity contribution < 1.29 is 0 Å². The van der Waals surface area contributed by atoms with Crippen LogP contribution in [0.2, 0.25) is 0 Å². The maximum Gasteiger partial charge on any atom is 0.280 e. The van der Waals surface area contributed by atoms with Crippen LogP contribution in [-0.4, -0.2) is 14.8 Å². The van der Waals surface area contributed by atoms with Crippen molar-refractivity contribution in [3.05, 3.63) is 94.5 Å². The second-order valence-electron chi connectivity index (χ2n) is 6.41. The monoisotopic (exact) mass is 399 g/mol. The largest absolute Gasteiger partial charge is 0.293 e. The molecule has 0 bridgehead atoms. The lowest BCUT2D eigenvalue weighted by molar-refractivity contribution is 0.804. The average Bonchev–Trinajstić information content (AvgIpc) is 3.08. The van der Waals surface area contributed by atoms with Crippen molar-refractivity contribution >= 4 is 10.7 Å². The highest BCUT2D eigenvalue weighted by Crippen LogP contribution is 2.21. The number of pyridine rings is 1. The molecular formula is C22H17N5OS. The summed E-state index contributed by atoms with van der Waals surface area (Å²) in [5.74, 6) is 0.465. The molecule has 0 radical (unpaired) electrons. The van der Waals surface area contributed by atoms with Gasteiger partial charge in [0.15, 0.2) is 5.82 Å². The second kappa shape index (κ2) is 7.70. The normalized spacial score (nSPS) is 11.7. The lowest BCUT2D eigenvalue weighted by atomic mass is 10.1. The number of aryl methyl sites for hydroxylation is 1. The van der Waals surface area contributed by atoms with E-state index in [2.05, 4.69) is 16.2 Å². The molecule has 29 heavy (non-hydrogen) atoms. The number of H-pyrrole nitrogens is 1. The highest BCUT2D eigenvalue weighted by Gasteiger charge is 2.15. The molecule has 2 N–H and O–H groups in total. The van der Waals surface area contributed by atoms with Crippen LogP contribution < -0.4 is 5.56 Å². The Morgan fingerprint density at radius 2 is 1.76 bits per heavy atom. The average molecular weight is 399 g/mol. The van der Waals surface area contributed by atoms with Gasteiger partial charge in [0.1, 0.15) is 0 Å². The molecule has 0 amide bonds. The minimum absolute atomic E-state index is 0.208. The Kier molecular flexibility index (Phi) is 4.94. The number of nitrogens with zero attached hydrogens (tertiary/aromatic N) is 3. The lowest BCUT2D eigenvalue weighted by Gasteiger charge is -2.06. The van der Waals surface area contributed by atoms with E-state index in [1.807, 2.05) is 43.3 Å². The van der Waals surface area contributed by atoms with Gasteiger partial charge in [-0.05, 0) is 59.6 Å². The van der Waals surface area contributed by atoms with Gasteiger partial charge in [0.25, 0.3) is 5.56 Å². The first-order valence-corrected chi connectivity index (χ1v) is 10.1. The van der Waals surface area contributed by atoms with Crippen molar-refractivity contribution in [1.82, 2.24) is 14.8 Å². The Hall–Kier alpha value is -3.76. The number of hydrogen-bond acceptors (Lipinski definition) is 4. The fraction of sp³-hybridized carbons (Fsp3) is 0.0455. The van der Waals surface area contributed by atoms with Gasteiger partial charge in [-0.25, -0.2) is 9.67 Å². The molecule has 0 aliphatic carbocycles. The molecule has 0 fully saturated rings. The summed E-state index contributed by atoms with van der Waals surface area (Å²) in [7, 11) is -0.835. The molecule has 0 saturated carbocycles. The van der Waals surface area contributed by atoms with Crippen LogP contribution >= 0.6 is 0 Å². The van der Waals surface area contributed by atoms with E-state index in [0.717, 1.165) is 21.0 Å². The number of nitriles is 1. The number of benzene rings is 2. The van der Waals surface area contributed by atoms with Crippen molar-refractivity contribution in [2.24, 2.45) is 0 Å². The summed E-state index contributed by atoms with van der Waals surface area (Å²) < 4.78 is 9.84. The highest BCUT2D eigenvalue weighted by atomic mass is 32.2. The standard InChI is InChI=1S/C22H17N5OS/c1-15-21(17-9-7-16(13-23)8-10-17)22(28)27(26-15)20-12-11-19(14-25-20)29(24)18-5-3-2-4-6-18/h2-12,14,24,26H,1H3. The molecule has 2 aromatic carbocycles. The summed E-state index contributed by atoms with van der Waals surface area (Å²) in [5.41, 5.74) is 2.35. The third-order valence-corrected chi connectivity index (χ3v) is 6.00. The third kappa shape index (κ3) is 3.53. The van der Waals surface area contributed by atoms with E-state index >= 15 is 0 Å². The maximum atomic E-state index is 13.0. The van der Waals surface area contributed by atoms with Crippen molar-refractivity contribution in [1.29, 1.82) is 10.0 Å². The maximum absolute atomic E-state index is 13.0. The first-order valence-electron chi connectivity index (χ1n) is 8.87. The fourth-order valence-corrected chi connectivity index (χ4v) is 4.14. The molecule has 0 aliphatic rings. The van der Waals surface area contributed by atoms with E-state index in [0.29, 0.717) is 16.9 Å². The zero-order chi connectivity index (χ0) is 20.4. The van der Waals surface area contributed by atoms with Crippen molar-refractivity contribution in [2.75, 3.05) is 0 Å². The molecule has 0 spiro atoms. The molecule has 1 atom stereocenters. The van der Waals surface area contributed by atoms with Gasteiger partial charge in [0, 0.05) is 21.7 Å². The van der Waals surface area contributed by atoms with Gasteiger partial charge in [-0.1, -0.05) is 30.3 Å². The van der Waals surface area contributed by atoms with Gasteiger partial charge in [0.05, 0.1) is 17.2 Å². The van der Waals surface area contributed by atoms with Crippen LogP contribution in [-0.2, 0) is 10.7 Å². The molecule has 7 heteroatoms. The lowest BCUT2D eigenvalue weighted by Crippen LogP contribution is -2.17. The first-order chi connectivity index (χ1) is 14.1. The predicted octanol–water partition coefficient (Wildman–Crippen LogP) is 4.21. The summed E-state index contributed by atoms with van der Waals surface area (Å²) in [4.78, 5) is 19.1. The minimum atomic E-state index is -0.835. The summed E-state index contributed by atoms with van der Waals surface area (Å²) in [6.07, 6.45) is 1.64. The summed E-state index contributed by atoms with van der Waals surface area (Å²) in [6, 6.07) is 22.2. The van der Waals surface area contributed by atoms with Crippen molar-refractivity contribution in [3.63, 3.8) is 0 Å². The molecule has 2 aromatic heterocycles. The molecule has 1 unspecified atom stereocenters. The number of rotatable bonds is 4. The second-order valence-corrected chi connectivity index (χ2v) is 7.97. The van der Waals surface area contributed by atoms with E-state index in [1.165, 1.54) is 4.68 Å². The molecule has 142 valence electrons. The van der Waals surface area contributed by atoms with Crippen LogP contribution in [0.4, 0.5) is 0 Å². The van der Waals surface area contributed by atoms with Gasteiger partial charge < -0.3 is 0 Å². The minimum Gasteiger partial charge on any atom is -0.293 e. The van der Waals surface area contributed by atoms with Crippen molar-refractivity contribution in [3.8, 4) is 23.0 Å². The molecule has 2 heterocycles. The molecule has 4 rings (SSSR count). The van der Waals surface area contributed by atoms with E-state index < -0.39 is 10.7 Å². The molecular weight excluding hydrogens is 382 g/mol. The van der Waals surface area contributed by atoms with Gasteiger partial charge in [-0.15, -0.1) is 0 Å². The van der Waals surface area contributed by atoms with E-state index in [1.54, 1.807) is 36.5 Å². The SMILES string of the molecule is Cc1[nH]n(-c2ccc(S(=N)c3ccccc3)cn2)c(=O)c1-c1ccc(C#N)cc1. The smallest absolute Gasteiger partial charge is 0.280 e. The van der Waals surface area contributed by atoms with E-state index in [9.17, 15) is 4.79 Å². The summed E-state index contributed by atoms with van der Waals surface area (Å²) in [6.45, 7) is 1.83. The Morgan fingerprint density at radius 3 is 2.38 bits per heavy atom. The van der Waals surface area contributed by atoms with E-state index in [4.69, 9.17) is 10.0 Å². The number of aromatic amines is 1. The van der Waals surface area contributed by atoms with Gasteiger partial charge >= 0.3 is 0 Å². The number of nitrogens with one attached hydrogen (secondary N) is 2. The van der Waals surface area contributed by atoms with Crippen molar-refractivity contribution in [2.45, 2.75) is 16.7 Å². The predicted molar refractivity (Wildman–Crippen MR) is 112 cm³/mol. The highest BCUT2D eigenvalue weighted by molar-refractivity contribution is 7.86. The fourth-order valence-electron chi connectivity index (χ4n) is 3.08. The quantitative estimate of drug-likeness (QED) is 0.538. The zero-order valence-corrected chi connectivity index (χ0v) is 16.4. The van der Waals surface area contributed by atoms with Crippen LogP contribution in [0, 0.1) is 23.0 Å². The molecule has 0 saturated heterocycles. The topological polar surface area (TPSA) is 98.3 Å². The Morgan fingerprint density at radius 1 is 1.03 bits per heavy atom. The Balaban J connectivity index is 1.68. The van der Waals surface area contributed by atoms with E-state index in [-0.39, 0.29) is 5.56 Å². The zero-order valence-electron chi connectivity index (χ0n) is 15.6. The van der Waals surface area contributed by atoms with Crippen LogP contribution in [0.5, 0.6) is 0 Å². The summed E-state index contributed by atoms with van der Waals surface area (Å²) >= 11 is 0. The van der Waals surface area contributed by atoms with Crippen LogP contribution in [0.3, 0.4) is 0 Å². The molecule has 0 aliphatic heterocycles.